The molecule has 94 valence electrons. The Morgan fingerprint density at radius 3 is 2.44 bits per heavy atom. The van der Waals surface area contributed by atoms with Gasteiger partial charge in [0.25, 0.3) is 0 Å². The van der Waals surface area contributed by atoms with E-state index >= 15 is 0 Å². The van der Waals surface area contributed by atoms with Crippen LogP contribution in [0.4, 0.5) is 0 Å². The van der Waals surface area contributed by atoms with Gasteiger partial charge in [0.15, 0.2) is 5.78 Å². The van der Waals surface area contributed by atoms with Crippen molar-refractivity contribution in [3.63, 3.8) is 0 Å². The first-order chi connectivity index (χ1) is 8.30. The number of benzene rings is 1. The fourth-order valence-corrected chi connectivity index (χ4v) is 2.20. The Balaban J connectivity index is 2.86. The Hall–Kier alpha value is -1.70. The fraction of sp³-hybridized carbons (Fsp3) is 0.375. The number of ketones is 1. The monoisotopic (exact) mass is 241 g/mol. The van der Waals surface area contributed by atoms with Crippen LogP contribution < -0.4 is 0 Å². The smallest absolute Gasteiger partial charge is 0.178 e. The summed E-state index contributed by atoms with van der Waals surface area (Å²) in [6, 6.07) is 8.09. The van der Waals surface area contributed by atoms with Gasteiger partial charge >= 0.3 is 0 Å². The molecule has 1 aromatic carbocycles. The summed E-state index contributed by atoms with van der Waals surface area (Å²) in [5.41, 5.74) is 3.82. The maximum Gasteiger partial charge on any atom is 0.178 e. The summed E-state index contributed by atoms with van der Waals surface area (Å²) in [4.78, 5) is 16.1. The third-order valence-electron chi connectivity index (χ3n) is 3.22. The molecule has 0 spiro atoms. The molecule has 0 aliphatic carbocycles. The number of aromatic nitrogens is 1. The molecule has 0 N–H and O–H groups in total. The summed E-state index contributed by atoms with van der Waals surface area (Å²) >= 11 is 0. The third-order valence-corrected chi connectivity index (χ3v) is 3.22. The van der Waals surface area contributed by atoms with Crippen LogP contribution in [0, 0.1) is 6.92 Å². The predicted molar refractivity (Wildman–Crippen MR) is 75.2 cm³/mol. The summed E-state index contributed by atoms with van der Waals surface area (Å²) < 4.78 is 0. The van der Waals surface area contributed by atoms with Gasteiger partial charge in [-0.1, -0.05) is 39.0 Å². The molecule has 0 aliphatic heterocycles. The molecular weight excluding hydrogens is 222 g/mol. The van der Waals surface area contributed by atoms with Crippen molar-refractivity contribution in [2.75, 3.05) is 0 Å². The van der Waals surface area contributed by atoms with Crippen LogP contribution in [0.2, 0.25) is 0 Å². The van der Waals surface area contributed by atoms with E-state index < -0.39 is 0 Å². The van der Waals surface area contributed by atoms with Gasteiger partial charge < -0.3 is 0 Å². The Morgan fingerprint density at radius 1 is 1.22 bits per heavy atom. The van der Waals surface area contributed by atoms with E-state index in [-0.39, 0.29) is 11.2 Å². The third kappa shape index (κ3) is 2.15. The quantitative estimate of drug-likeness (QED) is 0.705. The molecule has 0 saturated heterocycles. The fourth-order valence-electron chi connectivity index (χ4n) is 2.20. The maximum absolute atomic E-state index is 11.5. The number of carbonyl (C=O) groups excluding carboxylic acids is 1. The highest BCUT2D eigenvalue weighted by Crippen LogP contribution is 2.30. The minimum atomic E-state index is 0.0173. The molecule has 0 bridgehead atoms. The Kier molecular flexibility index (Phi) is 2.97. The van der Waals surface area contributed by atoms with Crippen LogP contribution in [0.1, 0.15) is 49.3 Å². The molecule has 2 heteroatoms. The standard InChI is InChI=1S/C16H19NO/c1-10-9-14(11(2)18)17-15-12(10)7-6-8-13(15)16(3,4)5/h6-9H,1-5H3. The van der Waals surface area contributed by atoms with E-state index in [2.05, 4.69) is 44.0 Å². The zero-order valence-corrected chi connectivity index (χ0v) is 11.7. The molecule has 1 heterocycles. The SMILES string of the molecule is CC(=O)c1cc(C)c2cccc(C(C)(C)C)c2n1. The predicted octanol–water partition coefficient (Wildman–Crippen LogP) is 4.04. The van der Waals surface area contributed by atoms with E-state index in [0.717, 1.165) is 16.5 Å². The highest BCUT2D eigenvalue weighted by Gasteiger charge is 2.19. The van der Waals surface area contributed by atoms with Crippen LogP contribution in [0.25, 0.3) is 10.9 Å². The van der Waals surface area contributed by atoms with Crippen molar-refractivity contribution in [3.8, 4) is 0 Å². The van der Waals surface area contributed by atoms with E-state index in [1.807, 2.05) is 13.0 Å². The summed E-state index contributed by atoms with van der Waals surface area (Å²) in [6.07, 6.45) is 0. The number of aryl methyl sites for hydroxylation is 1. The van der Waals surface area contributed by atoms with Crippen LogP contribution in [-0.2, 0) is 5.41 Å². The van der Waals surface area contributed by atoms with Crippen molar-refractivity contribution >= 4 is 16.7 Å². The zero-order chi connectivity index (χ0) is 13.5. The Bertz CT molecular complexity index is 621. The van der Waals surface area contributed by atoms with Gasteiger partial charge in [0.05, 0.1) is 5.52 Å². The number of Topliss-reactive ketones (excluding diaryl/α,β-unsaturated/α-hetero) is 1. The van der Waals surface area contributed by atoms with Gasteiger partial charge in [-0.3, -0.25) is 4.79 Å². The molecule has 0 amide bonds. The first kappa shape index (κ1) is 12.7. The molecule has 0 radical (unpaired) electrons. The van der Waals surface area contributed by atoms with Gasteiger partial charge in [-0.25, -0.2) is 4.98 Å². The summed E-state index contributed by atoms with van der Waals surface area (Å²) in [5.74, 6) is 0.0173. The average Bonchev–Trinajstić information content (AvgIpc) is 2.26. The van der Waals surface area contributed by atoms with E-state index in [4.69, 9.17) is 0 Å². The number of hydrogen-bond donors (Lipinski definition) is 0. The van der Waals surface area contributed by atoms with Crippen LogP contribution in [0.5, 0.6) is 0 Å². The lowest BCUT2D eigenvalue weighted by molar-refractivity contribution is 0.101. The van der Waals surface area contributed by atoms with E-state index in [1.165, 1.54) is 5.56 Å². The molecule has 0 fully saturated rings. The van der Waals surface area contributed by atoms with Gasteiger partial charge in [0.2, 0.25) is 0 Å². The Morgan fingerprint density at radius 2 is 1.89 bits per heavy atom. The molecule has 2 nitrogen and oxygen atoms in total. The van der Waals surface area contributed by atoms with Gasteiger partial charge in [-0.2, -0.15) is 0 Å². The molecule has 2 aromatic rings. The molecule has 0 saturated carbocycles. The molecular formula is C16H19NO. The summed E-state index contributed by atoms with van der Waals surface area (Å²) in [7, 11) is 0. The maximum atomic E-state index is 11.5. The molecule has 0 atom stereocenters. The van der Waals surface area contributed by atoms with Crippen molar-refractivity contribution in [3.05, 3.63) is 41.1 Å². The molecule has 2 rings (SSSR count). The lowest BCUT2D eigenvalue weighted by Crippen LogP contribution is -2.13. The second kappa shape index (κ2) is 4.20. The van der Waals surface area contributed by atoms with Crippen molar-refractivity contribution in [1.82, 2.24) is 4.98 Å². The topological polar surface area (TPSA) is 30.0 Å². The summed E-state index contributed by atoms with van der Waals surface area (Å²) in [6.45, 7) is 10.1. The molecule has 0 aliphatic rings. The molecule has 0 unspecified atom stereocenters. The van der Waals surface area contributed by atoms with Crippen LogP contribution >= 0.6 is 0 Å². The average molecular weight is 241 g/mol. The lowest BCUT2D eigenvalue weighted by atomic mass is 9.85. The second-order valence-electron chi connectivity index (χ2n) is 5.83. The summed E-state index contributed by atoms with van der Waals surface area (Å²) in [5, 5.41) is 1.13. The Labute approximate surface area is 108 Å². The van der Waals surface area contributed by atoms with Gasteiger partial charge in [-0.15, -0.1) is 0 Å². The number of nitrogens with zero attached hydrogens (tertiary/aromatic N) is 1. The lowest BCUT2D eigenvalue weighted by Gasteiger charge is -2.21. The van der Waals surface area contributed by atoms with Crippen molar-refractivity contribution in [1.29, 1.82) is 0 Å². The van der Waals surface area contributed by atoms with Crippen LogP contribution in [0.3, 0.4) is 0 Å². The van der Waals surface area contributed by atoms with Crippen molar-refractivity contribution in [2.24, 2.45) is 0 Å². The number of hydrogen-bond acceptors (Lipinski definition) is 2. The van der Waals surface area contributed by atoms with E-state index in [9.17, 15) is 4.79 Å². The van der Waals surface area contributed by atoms with Crippen LogP contribution in [-0.4, -0.2) is 10.8 Å². The highest BCUT2D eigenvalue weighted by molar-refractivity contribution is 5.96. The van der Waals surface area contributed by atoms with E-state index in [0.29, 0.717) is 5.69 Å². The van der Waals surface area contributed by atoms with Gasteiger partial charge in [-0.05, 0) is 29.5 Å². The molecule has 1 aromatic heterocycles. The van der Waals surface area contributed by atoms with Crippen LogP contribution in [0.15, 0.2) is 24.3 Å². The van der Waals surface area contributed by atoms with Crippen molar-refractivity contribution < 1.29 is 4.79 Å². The van der Waals surface area contributed by atoms with E-state index in [1.54, 1.807) is 6.92 Å². The number of fused-ring (bicyclic) bond motifs is 1. The van der Waals surface area contributed by atoms with Gasteiger partial charge in [0, 0.05) is 12.3 Å². The van der Waals surface area contributed by atoms with Crippen molar-refractivity contribution in [2.45, 2.75) is 40.0 Å². The van der Waals surface area contributed by atoms with Gasteiger partial charge in [0.1, 0.15) is 5.69 Å². The molecule has 18 heavy (non-hydrogen) atoms. The number of carbonyl (C=O) groups is 1. The normalized spacial score (nSPS) is 11.8. The first-order valence-corrected chi connectivity index (χ1v) is 6.22. The number of pyridine rings is 1. The zero-order valence-electron chi connectivity index (χ0n) is 11.7. The minimum Gasteiger partial charge on any atom is -0.293 e. The highest BCUT2D eigenvalue weighted by atomic mass is 16.1. The number of para-hydroxylation sites is 1. The largest absolute Gasteiger partial charge is 0.293 e. The second-order valence-corrected chi connectivity index (χ2v) is 5.83. The minimum absolute atomic E-state index is 0.0173. The number of rotatable bonds is 1. The first-order valence-electron chi connectivity index (χ1n) is 6.22.